The number of ether oxygens (including phenoxy) is 1. The van der Waals surface area contributed by atoms with E-state index in [2.05, 4.69) is 24.1 Å². The summed E-state index contributed by atoms with van der Waals surface area (Å²) in [5.74, 6) is 1.15. The van der Waals surface area contributed by atoms with E-state index in [1.165, 1.54) is 10.6 Å². The minimum Gasteiger partial charge on any atom is -0.497 e. The molecule has 0 saturated heterocycles. The van der Waals surface area contributed by atoms with Crippen molar-refractivity contribution in [2.75, 3.05) is 12.4 Å². The fraction of sp³-hybridized carbons (Fsp3) is 0.261. The fourth-order valence-electron chi connectivity index (χ4n) is 3.18. The van der Waals surface area contributed by atoms with Gasteiger partial charge < -0.3 is 10.1 Å². The van der Waals surface area contributed by atoms with Gasteiger partial charge in [-0.1, -0.05) is 32.0 Å². The summed E-state index contributed by atoms with van der Waals surface area (Å²) in [6, 6.07) is 16.4. The van der Waals surface area contributed by atoms with Crippen molar-refractivity contribution in [3.05, 3.63) is 76.2 Å². The Morgan fingerprint density at radius 3 is 2.48 bits per heavy atom. The molecule has 1 aromatic heterocycles. The number of para-hydroxylation sites is 1. The van der Waals surface area contributed by atoms with E-state index in [-0.39, 0.29) is 23.9 Å². The van der Waals surface area contributed by atoms with E-state index in [1.807, 2.05) is 36.4 Å². The highest BCUT2D eigenvalue weighted by molar-refractivity contribution is 5.91. The number of amides is 1. The molecule has 6 heteroatoms. The molecule has 0 aliphatic rings. The van der Waals surface area contributed by atoms with Crippen molar-refractivity contribution in [3.63, 3.8) is 0 Å². The Morgan fingerprint density at radius 2 is 1.83 bits per heavy atom. The number of nitrogens with one attached hydrogen (secondary N) is 1. The SMILES string of the molecule is COc1ccc(-c2nc(C)cc(=O)n2CC(=O)Nc2ccccc2C(C)C)cc1. The Bertz CT molecular complexity index is 1070. The molecule has 150 valence electrons. The van der Waals surface area contributed by atoms with Crippen LogP contribution >= 0.6 is 0 Å². The highest BCUT2D eigenvalue weighted by Gasteiger charge is 2.15. The number of aryl methyl sites for hydroxylation is 1. The van der Waals surface area contributed by atoms with E-state index in [0.29, 0.717) is 17.3 Å². The molecule has 0 bridgehead atoms. The number of anilines is 1. The second kappa shape index (κ2) is 8.73. The van der Waals surface area contributed by atoms with Crippen LogP contribution in [-0.4, -0.2) is 22.6 Å². The third-order valence-corrected chi connectivity index (χ3v) is 4.64. The summed E-state index contributed by atoms with van der Waals surface area (Å²) >= 11 is 0. The highest BCUT2D eigenvalue weighted by atomic mass is 16.5. The van der Waals surface area contributed by atoms with Crippen LogP contribution in [0.15, 0.2) is 59.4 Å². The summed E-state index contributed by atoms with van der Waals surface area (Å²) in [5.41, 5.74) is 2.87. The lowest BCUT2D eigenvalue weighted by molar-refractivity contribution is -0.116. The van der Waals surface area contributed by atoms with Crippen LogP contribution < -0.4 is 15.6 Å². The number of aromatic nitrogens is 2. The maximum Gasteiger partial charge on any atom is 0.254 e. The van der Waals surface area contributed by atoms with Crippen molar-refractivity contribution in [2.45, 2.75) is 33.2 Å². The smallest absolute Gasteiger partial charge is 0.254 e. The zero-order valence-corrected chi connectivity index (χ0v) is 17.1. The maximum absolute atomic E-state index is 12.8. The quantitative estimate of drug-likeness (QED) is 0.690. The number of carbonyl (C=O) groups excluding carboxylic acids is 1. The number of rotatable bonds is 6. The first-order valence-electron chi connectivity index (χ1n) is 9.50. The second-order valence-electron chi connectivity index (χ2n) is 7.16. The standard InChI is InChI=1S/C23H25N3O3/c1-15(2)19-7-5-6-8-20(19)25-21(27)14-26-22(28)13-16(3)24-23(26)17-9-11-18(29-4)12-10-17/h5-13,15H,14H2,1-4H3,(H,25,27). The molecule has 0 fully saturated rings. The third kappa shape index (κ3) is 4.71. The van der Waals surface area contributed by atoms with Gasteiger partial charge in [-0.3, -0.25) is 14.2 Å². The molecule has 1 N–H and O–H groups in total. The van der Waals surface area contributed by atoms with Gasteiger partial charge in [0.15, 0.2) is 0 Å². The van der Waals surface area contributed by atoms with E-state index in [1.54, 1.807) is 26.2 Å². The number of carbonyl (C=O) groups is 1. The van der Waals surface area contributed by atoms with Crippen LogP contribution in [0.5, 0.6) is 5.75 Å². The van der Waals surface area contributed by atoms with E-state index >= 15 is 0 Å². The molecule has 0 spiro atoms. The normalized spacial score (nSPS) is 10.8. The lowest BCUT2D eigenvalue weighted by Crippen LogP contribution is -2.30. The Kier molecular flexibility index (Phi) is 6.12. The zero-order chi connectivity index (χ0) is 21.0. The van der Waals surface area contributed by atoms with E-state index < -0.39 is 0 Å². The van der Waals surface area contributed by atoms with Crippen LogP contribution in [0, 0.1) is 6.92 Å². The Hall–Kier alpha value is -3.41. The molecule has 0 saturated carbocycles. The van der Waals surface area contributed by atoms with Crippen LogP contribution in [0.2, 0.25) is 0 Å². The topological polar surface area (TPSA) is 73.2 Å². The maximum atomic E-state index is 12.8. The fourth-order valence-corrected chi connectivity index (χ4v) is 3.18. The minimum absolute atomic E-state index is 0.125. The molecule has 6 nitrogen and oxygen atoms in total. The van der Waals surface area contributed by atoms with Crippen LogP contribution in [0.1, 0.15) is 31.0 Å². The molecule has 2 aromatic carbocycles. The van der Waals surface area contributed by atoms with Crippen molar-refractivity contribution >= 4 is 11.6 Å². The van der Waals surface area contributed by atoms with Gasteiger partial charge >= 0.3 is 0 Å². The highest BCUT2D eigenvalue weighted by Crippen LogP contribution is 2.24. The number of hydrogen-bond acceptors (Lipinski definition) is 4. The number of nitrogens with zero attached hydrogens (tertiary/aromatic N) is 2. The van der Waals surface area contributed by atoms with Crippen molar-refractivity contribution < 1.29 is 9.53 Å². The van der Waals surface area contributed by atoms with Crippen LogP contribution in [-0.2, 0) is 11.3 Å². The zero-order valence-electron chi connectivity index (χ0n) is 17.1. The van der Waals surface area contributed by atoms with Crippen molar-refractivity contribution in [1.82, 2.24) is 9.55 Å². The van der Waals surface area contributed by atoms with Gasteiger partial charge in [0.1, 0.15) is 18.1 Å². The largest absolute Gasteiger partial charge is 0.497 e. The van der Waals surface area contributed by atoms with Gasteiger partial charge in [-0.2, -0.15) is 0 Å². The average molecular weight is 391 g/mol. The lowest BCUT2D eigenvalue weighted by Gasteiger charge is -2.16. The van der Waals surface area contributed by atoms with Crippen molar-refractivity contribution in [1.29, 1.82) is 0 Å². The summed E-state index contributed by atoms with van der Waals surface area (Å²) in [5, 5.41) is 2.93. The monoisotopic (exact) mass is 391 g/mol. The predicted octanol–water partition coefficient (Wildman–Crippen LogP) is 3.99. The van der Waals surface area contributed by atoms with Gasteiger partial charge in [0.25, 0.3) is 5.56 Å². The first-order valence-corrected chi connectivity index (χ1v) is 9.50. The van der Waals surface area contributed by atoms with Crippen molar-refractivity contribution in [3.8, 4) is 17.1 Å². The third-order valence-electron chi connectivity index (χ3n) is 4.64. The van der Waals surface area contributed by atoms with Gasteiger partial charge in [-0.05, 0) is 48.7 Å². The summed E-state index contributed by atoms with van der Waals surface area (Å²) in [4.78, 5) is 29.9. The van der Waals surface area contributed by atoms with Gasteiger partial charge in [0, 0.05) is 23.0 Å². The van der Waals surface area contributed by atoms with E-state index in [0.717, 1.165) is 16.8 Å². The summed E-state index contributed by atoms with van der Waals surface area (Å²) in [6.45, 7) is 5.78. The molecular weight excluding hydrogens is 366 g/mol. The molecular formula is C23H25N3O3. The Balaban J connectivity index is 1.93. The molecule has 1 amide bonds. The number of benzene rings is 2. The van der Waals surface area contributed by atoms with Gasteiger partial charge in [0.2, 0.25) is 5.91 Å². The first kappa shape index (κ1) is 20.3. The van der Waals surface area contributed by atoms with E-state index in [9.17, 15) is 9.59 Å². The molecule has 29 heavy (non-hydrogen) atoms. The van der Waals surface area contributed by atoms with E-state index in [4.69, 9.17) is 4.74 Å². The first-order chi connectivity index (χ1) is 13.9. The Morgan fingerprint density at radius 1 is 1.14 bits per heavy atom. The van der Waals surface area contributed by atoms with Gasteiger partial charge in [-0.15, -0.1) is 0 Å². The van der Waals surface area contributed by atoms with Crippen molar-refractivity contribution in [2.24, 2.45) is 0 Å². The molecule has 3 rings (SSSR count). The van der Waals surface area contributed by atoms with Crippen LogP contribution in [0.3, 0.4) is 0 Å². The van der Waals surface area contributed by atoms with Crippen LogP contribution in [0.4, 0.5) is 5.69 Å². The molecule has 0 aliphatic heterocycles. The average Bonchev–Trinajstić information content (AvgIpc) is 2.70. The number of hydrogen-bond donors (Lipinski definition) is 1. The van der Waals surface area contributed by atoms with Crippen LogP contribution in [0.25, 0.3) is 11.4 Å². The number of methoxy groups -OCH3 is 1. The molecule has 0 aliphatic carbocycles. The molecule has 1 heterocycles. The Labute approximate surface area is 170 Å². The molecule has 0 atom stereocenters. The molecule has 0 radical (unpaired) electrons. The lowest BCUT2D eigenvalue weighted by atomic mass is 10.0. The second-order valence-corrected chi connectivity index (χ2v) is 7.16. The minimum atomic E-state index is -0.277. The summed E-state index contributed by atoms with van der Waals surface area (Å²) in [6.07, 6.45) is 0. The summed E-state index contributed by atoms with van der Waals surface area (Å²) in [7, 11) is 1.59. The molecule has 0 unspecified atom stereocenters. The predicted molar refractivity (Wildman–Crippen MR) is 114 cm³/mol. The van der Waals surface area contributed by atoms with Gasteiger partial charge in [-0.25, -0.2) is 4.98 Å². The van der Waals surface area contributed by atoms with Gasteiger partial charge in [0.05, 0.1) is 7.11 Å². The summed E-state index contributed by atoms with van der Waals surface area (Å²) < 4.78 is 6.58. The molecule has 3 aromatic rings.